The summed E-state index contributed by atoms with van der Waals surface area (Å²) in [6.45, 7) is 4.22. The number of piperidine rings is 1. The van der Waals surface area contributed by atoms with E-state index in [2.05, 4.69) is 10.6 Å². The van der Waals surface area contributed by atoms with Gasteiger partial charge in [0.1, 0.15) is 0 Å². The number of hydrogen-bond acceptors (Lipinski definition) is 3. The van der Waals surface area contributed by atoms with Gasteiger partial charge in [-0.2, -0.15) is 0 Å². The highest BCUT2D eigenvalue weighted by Gasteiger charge is 2.40. The van der Waals surface area contributed by atoms with Gasteiger partial charge < -0.3 is 15.4 Å². The smallest absolute Gasteiger partial charge is 0.0600 e. The molecule has 0 amide bonds. The van der Waals surface area contributed by atoms with Gasteiger partial charge in [0.15, 0.2) is 0 Å². The molecule has 3 heteroatoms. The summed E-state index contributed by atoms with van der Waals surface area (Å²) in [6, 6.07) is 0.826. The van der Waals surface area contributed by atoms with E-state index in [0.29, 0.717) is 6.10 Å². The zero-order chi connectivity index (χ0) is 11.5. The largest absolute Gasteiger partial charge is 0.377 e. The molecule has 3 fully saturated rings. The van der Waals surface area contributed by atoms with Crippen LogP contribution in [0.5, 0.6) is 0 Å². The molecule has 0 bridgehead atoms. The van der Waals surface area contributed by atoms with Crippen LogP contribution in [0.1, 0.15) is 38.5 Å². The van der Waals surface area contributed by atoms with Gasteiger partial charge in [-0.3, -0.25) is 0 Å². The van der Waals surface area contributed by atoms with Crippen LogP contribution in [0.4, 0.5) is 0 Å². The fourth-order valence-electron chi connectivity index (χ4n) is 3.04. The number of ether oxygens (including phenoxy) is 1. The van der Waals surface area contributed by atoms with Gasteiger partial charge in [-0.1, -0.05) is 0 Å². The van der Waals surface area contributed by atoms with Crippen molar-refractivity contribution >= 4 is 0 Å². The van der Waals surface area contributed by atoms with Crippen LogP contribution in [0.2, 0.25) is 0 Å². The van der Waals surface area contributed by atoms with Gasteiger partial charge in [-0.25, -0.2) is 0 Å². The SMILES string of the molecule is C1CC(OCCNC(C2CC2)C2CC2)CCN1. The number of hydrogen-bond donors (Lipinski definition) is 2. The first-order valence-corrected chi connectivity index (χ1v) is 7.49. The third-order valence-electron chi connectivity index (χ3n) is 4.38. The van der Waals surface area contributed by atoms with Crippen molar-refractivity contribution in [3.8, 4) is 0 Å². The molecule has 2 aliphatic carbocycles. The maximum Gasteiger partial charge on any atom is 0.0600 e. The van der Waals surface area contributed by atoms with Crippen LogP contribution in [0.3, 0.4) is 0 Å². The summed E-state index contributed by atoms with van der Waals surface area (Å²) in [6.07, 6.45) is 8.74. The Morgan fingerprint density at radius 2 is 1.65 bits per heavy atom. The van der Waals surface area contributed by atoms with E-state index in [0.717, 1.165) is 44.1 Å². The molecule has 0 unspecified atom stereocenters. The maximum absolute atomic E-state index is 5.93. The van der Waals surface area contributed by atoms with E-state index in [-0.39, 0.29) is 0 Å². The van der Waals surface area contributed by atoms with E-state index in [9.17, 15) is 0 Å². The van der Waals surface area contributed by atoms with Crippen molar-refractivity contribution in [3.63, 3.8) is 0 Å². The third-order valence-corrected chi connectivity index (χ3v) is 4.38. The Hall–Kier alpha value is -0.120. The summed E-state index contributed by atoms with van der Waals surface area (Å²) in [4.78, 5) is 0. The molecule has 0 atom stereocenters. The lowest BCUT2D eigenvalue weighted by molar-refractivity contribution is 0.0333. The normalized spacial score (nSPS) is 26.6. The van der Waals surface area contributed by atoms with E-state index in [1.807, 2.05) is 0 Å². The molecule has 1 aliphatic heterocycles. The highest BCUT2D eigenvalue weighted by Crippen LogP contribution is 2.44. The molecule has 98 valence electrons. The first-order valence-electron chi connectivity index (χ1n) is 7.49. The monoisotopic (exact) mass is 238 g/mol. The predicted molar refractivity (Wildman–Crippen MR) is 69.1 cm³/mol. The van der Waals surface area contributed by atoms with Crippen molar-refractivity contribution < 1.29 is 4.74 Å². The third kappa shape index (κ3) is 3.67. The standard InChI is InChI=1S/C14H26N2O/c1-2-11(1)14(12-3-4-12)16-9-10-17-13-5-7-15-8-6-13/h11-16H,1-10H2. The Morgan fingerprint density at radius 1 is 1.00 bits per heavy atom. The maximum atomic E-state index is 5.93. The van der Waals surface area contributed by atoms with E-state index >= 15 is 0 Å². The minimum Gasteiger partial charge on any atom is -0.377 e. The van der Waals surface area contributed by atoms with Crippen LogP contribution in [0.25, 0.3) is 0 Å². The van der Waals surface area contributed by atoms with E-state index in [4.69, 9.17) is 4.74 Å². The van der Waals surface area contributed by atoms with E-state index < -0.39 is 0 Å². The molecule has 1 heterocycles. The second-order valence-corrected chi connectivity index (χ2v) is 5.97. The van der Waals surface area contributed by atoms with Gasteiger partial charge in [-0.05, 0) is 63.5 Å². The predicted octanol–water partition coefficient (Wildman–Crippen LogP) is 1.53. The number of rotatable bonds is 7. The molecule has 0 spiro atoms. The highest BCUT2D eigenvalue weighted by molar-refractivity contribution is 4.96. The van der Waals surface area contributed by atoms with Crippen LogP contribution < -0.4 is 10.6 Å². The zero-order valence-electron chi connectivity index (χ0n) is 10.8. The molecule has 3 nitrogen and oxygen atoms in total. The van der Waals surface area contributed by atoms with Gasteiger partial charge >= 0.3 is 0 Å². The molecule has 0 aromatic carbocycles. The fraction of sp³-hybridized carbons (Fsp3) is 1.00. The molecule has 0 aromatic rings. The lowest BCUT2D eigenvalue weighted by Gasteiger charge is -2.24. The molecule has 2 saturated carbocycles. The molecule has 0 radical (unpaired) electrons. The summed E-state index contributed by atoms with van der Waals surface area (Å²) in [5, 5.41) is 7.12. The second-order valence-electron chi connectivity index (χ2n) is 5.97. The molecule has 3 aliphatic rings. The van der Waals surface area contributed by atoms with Crippen LogP contribution in [-0.2, 0) is 4.74 Å². The first kappa shape index (κ1) is 11.9. The Balaban J connectivity index is 1.28. The Labute approximate surface area is 105 Å². The number of nitrogens with one attached hydrogen (secondary N) is 2. The van der Waals surface area contributed by atoms with Crippen LogP contribution in [0.15, 0.2) is 0 Å². The Morgan fingerprint density at radius 3 is 2.24 bits per heavy atom. The van der Waals surface area contributed by atoms with Crippen LogP contribution in [-0.4, -0.2) is 38.4 Å². The molecule has 3 rings (SSSR count). The van der Waals surface area contributed by atoms with Crippen LogP contribution >= 0.6 is 0 Å². The van der Waals surface area contributed by atoms with Gasteiger partial charge in [-0.15, -0.1) is 0 Å². The zero-order valence-corrected chi connectivity index (χ0v) is 10.8. The lowest BCUT2D eigenvalue weighted by Crippen LogP contribution is -2.37. The van der Waals surface area contributed by atoms with Crippen molar-refractivity contribution in [1.29, 1.82) is 0 Å². The van der Waals surface area contributed by atoms with Gasteiger partial charge in [0, 0.05) is 12.6 Å². The average molecular weight is 238 g/mol. The van der Waals surface area contributed by atoms with Gasteiger partial charge in [0.2, 0.25) is 0 Å². The lowest BCUT2D eigenvalue weighted by atomic mass is 10.1. The van der Waals surface area contributed by atoms with Crippen molar-refractivity contribution in [2.75, 3.05) is 26.2 Å². The minimum absolute atomic E-state index is 0.512. The molecular formula is C14H26N2O. The molecular weight excluding hydrogens is 212 g/mol. The van der Waals surface area contributed by atoms with Crippen molar-refractivity contribution in [1.82, 2.24) is 10.6 Å². The molecule has 17 heavy (non-hydrogen) atoms. The van der Waals surface area contributed by atoms with Crippen LogP contribution in [0, 0.1) is 11.8 Å². The van der Waals surface area contributed by atoms with Gasteiger partial charge in [0.05, 0.1) is 12.7 Å². The second kappa shape index (κ2) is 5.68. The Kier molecular flexibility index (Phi) is 3.99. The van der Waals surface area contributed by atoms with E-state index in [1.165, 1.54) is 38.5 Å². The summed E-state index contributed by atoms with van der Waals surface area (Å²) in [5.41, 5.74) is 0. The van der Waals surface area contributed by atoms with Crippen molar-refractivity contribution in [2.45, 2.75) is 50.7 Å². The summed E-state index contributed by atoms with van der Waals surface area (Å²) in [7, 11) is 0. The van der Waals surface area contributed by atoms with Gasteiger partial charge in [0.25, 0.3) is 0 Å². The molecule has 2 N–H and O–H groups in total. The minimum atomic E-state index is 0.512. The first-order chi connectivity index (χ1) is 8.43. The summed E-state index contributed by atoms with van der Waals surface area (Å²) < 4.78 is 5.93. The van der Waals surface area contributed by atoms with E-state index in [1.54, 1.807) is 0 Å². The highest BCUT2D eigenvalue weighted by atomic mass is 16.5. The van der Waals surface area contributed by atoms with Crippen molar-refractivity contribution in [3.05, 3.63) is 0 Å². The fourth-order valence-corrected chi connectivity index (χ4v) is 3.04. The topological polar surface area (TPSA) is 33.3 Å². The molecule has 1 saturated heterocycles. The summed E-state index contributed by atoms with van der Waals surface area (Å²) >= 11 is 0. The average Bonchev–Trinajstić information content (AvgIpc) is 3.24. The Bertz CT molecular complexity index is 220. The van der Waals surface area contributed by atoms with Crippen molar-refractivity contribution in [2.24, 2.45) is 11.8 Å². The molecule has 0 aromatic heterocycles. The quantitative estimate of drug-likeness (QED) is 0.660. The summed E-state index contributed by atoms with van der Waals surface area (Å²) in [5.74, 6) is 2.00.